The summed E-state index contributed by atoms with van der Waals surface area (Å²) >= 11 is 0. The number of carboxylic acid groups (broad SMARTS) is 1. The third-order valence-corrected chi connectivity index (χ3v) is 4.64. The van der Waals surface area contributed by atoms with Crippen LogP contribution in [0.4, 0.5) is 0 Å². The summed E-state index contributed by atoms with van der Waals surface area (Å²) in [6.45, 7) is 1.81. The van der Waals surface area contributed by atoms with Gasteiger partial charge < -0.3 is 14.8 Å². The molecule has 1 amide bonds. The Morgan fingerprint density at radius 1 is 1.40 bits per heavy atom. The van der Waals surface area contributed by atoms with E-state index in [0.717, 1.165) is 12.3 Å². The van der Waals surface area contributed by atoms with E-state index in [2.05, 4.69) is 5.32 Å². The number of rotatable bonds is 4. The Bertz CT molecular complexity index is 548. The molecule has 3 atom stereocenters. The Hall–Kier alpha value is -1.78. The zero-order valence-corrected chi connectivity index (χ0v) is 11.5. The fraction of sp³-hybridized carbons (Fsp3) is 0.600. The maximum Gasteiger partial charge on any atom is 0.339 e. The van der Waals surface area contributed by atoms with Crippen LogP contribution in [0.3, 0.4) is 0 Å². The van der Waals surface area contributed by atoms with E-state index in [-0.39, 0.29) is 23.3 Å². The second-order valence-electron chi connectivity index (χ2n) is 5.86. The maximum absolute atomic E-state index is 12.2. The first-order valence-electron chi connectivity index (χ1n) is 7.25. The molecule has 108 valence electrons. The highest BCUT2D eigenvalue weighted by Gasteiger charge is 2.40. The van der Waals surface area contributed by atoms with Gasteiger partial charge in [0.25, 0.3) is 5.91 Å². The van der Waals surface area contributed by atoms with E-state index < -0.39 is 5.97 Å². The van der Waals surface area contributed by atoms with E-state index >= 15 is 0 Å². The minimum atomic E-state index is -1.05. The van der Waals surface area contributed by atoms with E-state index in [1.807, 2.05) is 6.92 Å². The molecule has 2 N–H and O–H groups in total. The molecule has 2 aliphatic carbocycles. The molecule has 20 heavy (non-hydrogen) atoms. The normalized spacial score (nSPS) is 27.8. The Morgan fingerprint density at radius 3 is 2.70 bits per heavy atom. The Labute approximate surface area is 117 Å². The number of furan rings is 1. The molecule has 5 nitrogen and oxygen atoms in total. The van der Waals surface area contributed by atoms with Crippen LogP contribution in [0, 0.1) is 11.8 Å². The fourth-order valence-electron chi connectivity index (χ4n) is 3.65. The molecule has 2 fully saturated rings. The van der Waals surface area contributed by atoms with E-state index in [0.29, 0.717) is 18.1 Å². The first-order valence-corrected chi connectivity index (χ1v) is 7.25. The number of hydrogen-bond acceptors (Lipinski definition) is 3. The van der Waals surface area contributed by atoms with Crippen molar-refractivity contribution in [3.63, 3.8) is 0 Å². The molecule has 0 aliphatic heterocycles. The first kappa shape index (κ1) is 13.2. The number of aryl methyl sites for hydroxylation is 1. The van der Waals surface area contributed by atoms with Crippen molar-refractivity contribution >= 4 is 11.9 Å². The van der Waals surface area contributed by atoms with Crippen LogP contribution in [0.5, 0.6) is 0 Å². The number of aromatic carboxylic acids is 1. The van der Waals surface area contributed by atoms with Gasteiger partial charge in [-0.1, -0.05) is 13.3 Å². The lowest BCUT2D eigenvalue weighted by atomic mass is 9.95. The molecule has 0 radical (unpaired) electrons. The van der Waals surface area contributed by atoms with Crippen LogP contribution in [0.25, 0.3) is 0 Å². The van der Waals surface area contributed by atoms with Crippen molar-refractivity contribution in [3.05, 3.63) is 23.2 Å². The van der Waals surface area contributed by atoms with Crippen LogP contribution in [0.1, 0.15) is 59.3 Å². The molecule has 1 aromatic rings. The van der Waals surface area contributed by atoms with Crippen molar-refractivity contribution in [2.24, 2.45) is 11.8 Å². The zero-order chi connectivity index (χ0) is 14.3. The third-order valence-electron chi connectivity index (χ3n) is 4.64. The molecule has 0 aromatic carbocycles. The lowest BCUT2D eigenvalue weighted by Gasteiger charge is -2.22. The summed E-state index contributed by atoms with van der Waals surface area (Å²) in [6, 6.07) is 1.56. The van der Waals surface area contributed by atoms with Gasteiger partial charge >= 0.3 is 5.97 Å². The van der Waals surface area contributed by atoms with E-state index in [1.165, 1.54) is 25.3 Å². The molecule has 2 saturated carbocycles. The number of carbonyl (C=O) groups is 2. The van der Waals surface area contributed by atoms with E-state index in [4.69, 9.17) is 9.52 Å². The van der Waals surface area contributed by atoms with Crippen molar-refractivity contribution in [2.75, 3.05) is 0 Å². The number of fused-ring (bicyclic) bond motifs is 2. The van der Waals surface area contributed by atoms with Crippen LogP contribution in [-0.2, 0) is 6.42 Å². The molecule has 0 spiro atoms. The third kappa shape index (κ3) is 2.21. The highest BCUT2D eigenvalue weighted by atomic mass is 16.4. The highest BCUT2D eigenvalue weighted by molar-refractivity contribution is 5.96. The van der Waals surface area contributed by atoms with Crippen molar-refractivity contribution in [1.82, 2.24) is 5.32 Å². The zero-order valence-electron chi connectivity index (χ0n) is 11.5. The summed E-state index contributed by atoms with van der Waals surface area (Å²) in [6.07, 6.45) is 5.19. The standard InChI is InChI=1S/C15H19NO4/c1-2-12-10(15(18)19)7-13(20-12)14(17)16-11-6-8-3-4-9(11)5-8/h7-9,11H,2-6H2,1H3,(H,16,17)(H,18,19). The monoisotopic (exact) mass is 277 g/mol. The van der Waals surface area contributed by atoms with Crippen LogP contribution < -0.4 is 5.32 Å². The van der Waals surface area contributed by atoms with Gasteiger partial charge in [0.2, 0.25) is 0 Å². The Balaban J connectivity index is 1.72. The summed E-state index contributed by atoms with van der Waals surface area (Å²) in [4.78, 5) is 23.3. The smallest absolute Gasteiger partial charge is 0.339 e. The van der Waals surface area contributed by atoms with Crippen LogP contribution in [0.2, 0.25) is 0 Å². The molecule has 1 aromatic heterocycles. The highest BCUT2D eigenvalue weighted by Crippen LogP contribution is 2.44. The topological polar surface area (TPSA) is 79.5 Å². The van der Waals surface area contributed by atoms with Gasteiger partial charge in [0.1, 0.15) is 11.3 Å². The van der Waals surface area contributed by atoms with Gasteiger partial charge in [0, 0.05) is 18.5 Å². The van der Waals surface area contributed by atoms with Crippen LogP contribution in [-0.4, -0.2) is 23.0 Å². The van der Waals surface area contributed by atoms with Crippen molar-refractivity contribution in [1.29, 1.82) is 0 Å². The van der Waals surface area contributed by atoms with Crippen LogP contribution >= 0.6 is 0 Å². The first-order chi connectivity index (χ1) is 9.58. The van der Waals surface area contributed by atoms with Gasteiger partial charge in [0.15, 0.2) is 5.76 Å². The number of hydrogen-bond donors (Lipinski definition) is 2. The number of carbonyl (C=O) groups excluding carboxylic acids is 1. The predicted octanol–water partition coefficient (Wildman–Crippen LogP) is 2.46. The average molecular weight is 277 g/mol. The number of carboxylic acids is 1. The summed E-state index contributed by atoms with van der Waals surface area (Å²) < 4.78 is 5.38. The van der Waals surface area contributed by atoms with Gasteiger partial charge in [-0.2, -0.15) is 0 Å². The Morgan fingerprint density at radius 2 is 2.20 bits per heavy atom. The molecule has 3 rings (SSSR count). The minimum absolute atomic E-state index is 0.0885. The molecule has 0 saturated heterocycles. The lowest BCUT2D eigenvalue weighted by Crippen LogP contribution is -2.38. The average Bonchev–Trinajstić information content (AvgIpc) is 3.12. The molecule has 5 heteroatoms. The molecular formula is C15H19NO4. The van der Waals surface area contributed by atoms with Gasteiger partial charge in [-0.15, -0.1) is 0 Å². The minimum Gasteiger partial charge on any atom is -0.478 e. The second kappa shape index (κ2) is 4.96. The van der Waals surface area contributed by atoms with Crippen molar-refractivity contribution in [3.8, 4) is 0 Å². The molecule has 1 heterocycles. The largest absolute Gasteiger partial charge is 0.478 e. The van der Waals surface area contributed by atoms with Crippen molar-refractivity contribution < 1.29 is 19.1 Å². The molecule has 2 aliphatic rings. The predicted molar refractivity (Wildman–Crippen MR) is 71.7 cm³/mol. The molecular weight excluding hydrogens is 258 g/mol. The number of nitrogens with one attached hydrogen (secondary N) is 1. The fourth-order valence-corrected chi connectivity index (χ4v) is 3.65. The summed E-state index contributed by atoms with van der Waals surface area (Å²) in [5.74, 6) is 0.470. The quantitative estimate of drug-likeness (QED) is 0.886. The lowest BCUT2D eigenvalue weighted by molar-refractivity contribution is 0.0694. The van der Waals surface area contributed by atoms with Gasteiger partial charge in [-0.25, -0.2) is 4.79 Å². The second-order valence-corrected chi connectivity index (χ2v) is 5.86. The maximum atomic E-state index is 12.2. The van der Waals surface area contributed by atoms with Gasteiger partial charge in [0.05, 0.1) is 0 Å². The van der Waals surface area contributed by atoms with E-state index in [9.17, 15) is 9.59 Å². The van der Waals surface area contributed by atoms with Crippen molar-refractivity contribution in [2.45, 2.75) is 45.1 Å². The van der Waals surface area contributed by atoms with Crippen LogP contribution in [0.15, 0.2) is 10.5 Å². The van der Waals surface area contributed by atoms with Gasteiger partial charge in [-0.3, -0.25) is 4.79 Å². The number of amides is 1. The SMILES string of the molecule is CCc1oc(C(=O)NC2CC3CCC2C3)cc1C(=O)O. The summed E-state index contributed by atoms with van der Waals surface area (Å²) in [7, 11) is 0. The molecule has 2 bridgehead atoms. The summed E-state index contributed by atoms with van der Waals surface area (Å²) in [5, 5.41) is 12.1. The Kier molecular flexibility index (Phi) is 3.28. The summed E-state index contributed by atoms with van der Waals surface area (Å²) in [5.41, 5.74) is 0.0885. The van der Waals surface area contributed by atoms with E-state index in [1.54, 1.807) is 0 Å². The van der Waals surface area contributed by atoms with Gasteiger partial charge in [-0.05, 0) is 31.1 Å². The molecule has 3 unspecified atom stereocenters.